The predicted molar refractivity (Wildman–Crippen MR) is 77.0 cm³/mol. The van der Waals surface area contributed by atoms with E-state index in [1.165, 1.54) is 11.0 Å². The number of amides is 1. The summed E-state index contributed by atoms with van der Waals surface area (Å²) in [5.41, 5.74) is 0.309. The Kier molecular flexibility index (Phi) is 4.55. The summed E-state index contributed by atoms with van der Waals surface area (Å²) < 4.78 is 23.5. The Morgan fingerprint density at radius 2 is 1.75 bits per heavy atom. The topological polar surface area (TPSA) is 83.7 Å². The molecule has 0 atom stereocenters. The average molecular weight is 338 g/mol. The van der Waals surface area contributed by atoms with Crippen molar-refractivity contribution in [3.05, 3.63) is 33.8 Å². The number of piperazine rings is 1. The van der Waals surface area contributed by atoms with Crippen LogP contribution in [0, 0.1) is 0 Å². The molecule has 0 bridgehead atoms. The third kappa shape index (κ3) is 3.42. The zero-order chi connectivity index (χ0) is 14.9. The molecule has 0 unspecified atom stereocenters. The van der Waals surface area contributed by atoms with Crippen LogP contribution in [0.15, 0.2) is 18.2 Å². The van der Waals surface area contributed by atoms with E-state index < -0.39 is 10.2 Å². The van der Waals surface area contributed by atoms with Gasteiger partial charge in [0.15, 0.2) is 0 Å². The highest BCUT2D eigenvalue weighted by atomic mass is 35.5. The van der Waals surface area contributed by atoms with Crippen molar-refractivity contribution in [3.8, 4) is 0 Å². The Bertz CT molecular complexity index is 628. The number of nitrogens with two attached hydrogens (primary N) is 1. The SMILES string of the molecule is NS(=O)(=O)N1CCN(C(=O)c2cc(Cl)ccc2Cl)CC1. The van der Waals surface area contributed by atoms with Crippen LogP contribution >= 0.6 is 23.2 Å². The molecule has 1 fully saturated rings. The van der Waals surface area contributed by atoms with Crippen LogP contribution < -0.4 is 5.14 Å². The van der Waals surface area contributed by atoms with Crippen molar-refractivity contribution < 1.29 is 13.2 Å². The van der Waals surface area contributed by atoms with E-state index in [-0.39, 0.29) is 32.1 Å². The van der Waals surface area contributed by atoms with Crippen molar-refractivity contribution in [1.82, 2.24) is 9.21 Å². The van der Waals surface area contributed by atoms with Gasteiger partial charge < -0.3 is 4.90 Å². The van der Waals surface area contributed by atoms with Crippen LogP contribution in [0.1, 0.15) is 10.4 Å². The maximum atomic E-state index is 12.3. The third-order valence-electron chi connectivity index (χ3n) is 3.04. The molecule has 1 saturated heterocycles. The Labute approximate surface area is 127 Å². The summed E-state index contributed by atoms with van der Waals surface area (Å²) in [5.74, 6) is -0.272. The summed E-state index contributed by atoms with van der Waals surface area (Å²) in [6, 6.07) is 4.65. The van der Waals surface area contributed by atoms with Gasteiger partial charge >= 0.3 is 0 Å². The molecule has 0 saturated carbocycles. The van der Waals surface area contributed by atoms with E-state index in [0.717, 1.165) is 4.31 Å². The lowest BCUT2D eigenvalue weighted by Gasteiger charge is -2.33. The molecule has 1 heterocycles. The zero-order valence-electron chi connectivity index (χ0n) is 10.4. The van der Waals surface area contributed by atoms with E-state index >= 15 is 0 Å². The molecule has 1 aliphatic rings. The second-order valence-electron chi connectivity index (χ2n) is 4.36. The van der Waals surface area contributed by atoms with Crippen LogP contribution in [0.25, 0.3) is 0 Å². The molecular weight excluding hydrogens is 325 g/mol. The van der Waals surface area contributed by atoms with Crippen molar-refractivity contribution in [2.24, 2.45) is 5.14 Å². The number of hydrogen-bond acceptors (Lipinski definition) is 3. The number of benzene rings is 1. The van der Waals surface area contributed by atoms with E-state index in [1.54, 1.807) is 12.1 Å². The summed E-state index contributed by atoms with van der Waals surface area (Å²) in [7, 11) is -3.71. The van der Waals surface area contributed by atoms with Crippen LogP contribution in [-0.4, -0.2) is 49.7 Å². The molecule has 2 N–H and O–H groups in total. The van der Waals surface area contributed by atoms with Gasteiger partial charge in [-0.25, -0.2) is 5.14 Å². The number of nitrogens with zero attached hydrogens (tertiary/aromatic N) is 2. The standard InChI is InChI=1S/C11H13Cl2N3O3S/c12-8-1-2-10(13)9(7-8)11(17)15-3-5-16(6-4-15)20(14,18)19/h1-2,7H,3-6H2,(H2,14,18,19). The fourth-order valence-electron chi connectivity index (χ4n) is 1.98. The first-order valence-electron chi connectivity index (χ1n) is 5.81. The minimum atomic E-state index is -3.71. The van der Waals surface area contributed by atoms with Crippen LogP contribution in [0.5, 0.6) is 0 Å². The molecule has 0 aliphatic carbocycles. The normalized spacial score (nSPS) is 17.2. The number of hydrogen-bond donors (Lipinski definition) is 1. The molecule has 6 nitrogen and oxygen atoms in total. The summed E-state index contributed by atoms with van der Waals surface area (Å²) in [5, 5.41) is 5.77. The molecule has 1 aliphatic heterocycles. The lowest BCUT2D eigenvalue weighted by Crippen LogP contribution is -2.52. The molecule has 1 amide bonds. The van der Waals surface area contributed by atoms with Crippen LogP contribution in [0.3, 0.4) is 0 Å². The minimum Gasteiger partial charge on any atom is -0.336 e. The van der Waals surface area contributed by atoms with Gasteiger partial charge in [-0.15, -0.1) is 0 Å². The van der Waals surface area contributed by atoms with Crippen molar-refractivity contribution in [2.45, 2.75) is 0 Å². The number of halogens is 2. The third-order valence-corrected chi connectivity index (χ3v) is 4.69. The first kappa shape index (κ1) is 15.5. The first-order chi connectivity index (χ1) is 9.29. The molecular formula is C11H13Cl2N3O3S. The molecule has 0 radical (unpaired) electrons. The van der Waals surface area contributed by atoms with E-state index in [2.05, 4.69) is 0 Å². The zero-order valence-corrected chi connectivity index (χ0v) is 12.7. The molecule has 0 aromatic heterocycles. The second-order valence-corrected chi connectivity index (χ2v) is 6.75. The van der Waals surface area contributed by atoms with Crippen molar-refractivity contribution >= 4 is 39.3 Å². The van der Waals surface area contributed by atoms with Gasteiger partial charge in [0.2, 0.25) is 0 Å². The van der Waals surface area contributed by atoms with E-state index in [0.29, 0.717) is 15.6 Å². The lowest BCUT2D eigenvalue weighted by molar-refractivity contribution is 0.0698. The number of rotatable bonds is 2. The Morgan fingerprint density at radius 1 is 1.15 bits per heavy atom. The van der Waals surface area contributed by atoms with Crippen molar-refractivity contribution in [1.29, 1.82) is 0 Å². The number of carbonyl (C=O) groups excluding carboxylic acids is 1. The molecule has 1 aromatic rings. The Morgan fingerprint density at radius 3 is 2.30 bits per heavy atom. The van der Waals surface area contributed by atoms with E-state index in [1.807, 2.05) is 0 Å². The highest BCUT2D eigenvalue weighted by molar-refractivity contribution is 7.86. The van der Waals surface area contributed by atoms with Gasteiger partial charge in [-0.3, -0.25) is 4.79 Å². The fourth-order valence-corrected chi connectivity index (χ4v) is 3.02. The minimum absolute atomic E-state index is 0.169. The van der Waals surface area contributed by atoms with Gasteiger partial charge in [0.25, 0.3) is 16.1 Å². The Hall–Kier alpha value is -0.860. The summed E-state index contributed by atoms with van der Waals surface area (Å²) in [6.07, 6.45) is 0. The maximum Gasteiger partial charge on any atom is 0.277 e. The molecule has 9 heteroatoms. The monoisotopic (exact) mass is 337 g/mol. The highest BCUT2D eigenvalue weighted by Gasteiger charge is 2.27. The fraction of sp³-hybridized carbons (Fsp3) is 0.364. The summed E-state index contributed by atoms with van der Waals surface area (Å²) in [6.45, 7) is 0.863. The van der Waals surface area contributed by atoms with E-state index in [9.17, 15) is 13.2 Å². The maximum absolute atomic E-state index is 12.3. The quantitative estimate of drug-likeness (QED) is 0.872. The number of carbonyl (C=O) groups is 1. The molecule has 1 aromatic carbocycles. The van der Waals surface area contributed by atoms with Crippen LogP contribution in [-0.2, 0) is 10.2 Å². The van der Waals surface area contributed by atoms with Gasteiger partial charge in [-0.1, -0.05) is 23.2 Å². The second kappa shape index (κ2) is 5.87. The summed E-state index contributed by atoms with van der Waals surface area (Å²) in [4.78, 5) is 13.8. The molecule has 20 heavy (non-hydrogen) atoms. The first-order valence-corrected chi connectivity index (χ1v) is 8.07. The summed E-state index contributed by atoms with van der Waals surface area (Å²) >= 11 is 11.8. The van der Waals surface area contributed by atoms with Gasteiger partial charge in [0.1, 0.15) is 0 Å². The van der Waals surface area contributed by atoms with Gasteiger partial charge in [0.05, 0.1) is 10.6 Å². The largest absolute Gasteiger partial charge is 0.336 e. The van der Waals surface area contributed by atoms with Crippen molar-refractivity contribution in [2.75, 3.05) is 26.2 Å². The average Bonchev–Trinajstić information content (AvgIpc) is 2.40. The van der Waals surface area contributed by atoms with Gasteiger partial charge in [0, 0.05) is 31.2 Å². The Balaban J connectivity index is 2.11. The lowest BCUT2D eigenvalue weighted by atomic mass is 10.2. The predicted octanol–water partition coefficient (Wildman–Crippen LogP) is 0.955. The highest BCUT2D eigenvalue weighted by Crippen LogP contribution is 2.22. The van der Waals surface area contributed by atoms with Gasteiger partial charge in [-0.05, 0) is 18.2 Å². The smallest absolute Gasteiger partial charge is 0.277 e. The van der Waals surface area contributed by atoms with Crippen molar-refractivity contribution in [3.63, 3.8) is 0 Å². The molecule has 2 rings (SSSR count). The van der Waals surface area contributed by atoms with Gasteiger partial charge in [-0.2, -0.15) is 12.7 Å². The van der Waals surface area contributed by atoms with Crippen LogP contribution in [0.4, 0.5) is 0 Å². The molecule has 0 spiro atoms. The van der Waals surface area contributed by atoms with E-state index in [4.69, 9.17) is 28.3 Å². The molecule has 110 valence electrons. The van der Waals surface area contributed by atoms with Crippen LogP contribution in [0.2, 0.25) is 10.0 Å².